The first-order valence-electron chi connectivity index (χ1n) is 11.4. The molecule has 0 saturated heterocycles. The summed E-state index contributed by atoms with van der Waals surface area (Å²) in [5, 5.41) is 14.1. The highest BCUT2D eigenvalue weighted by Crippen LogP contribution is 2.31. The summed E-state index contributed by atoms with van der Waals surface area (Å²) < 4.78 is 5.84. The van der Waals surface area contributed by atoms with E-state index in [1.54, 1.807) is 18.2 Å². The van der Waals surface area contributed by atoms with Crippen molar-refractivity contribution >= 4 is 23.5 Å². The number of amides is 2. The van der Waals surface area contributed by atoms with Gasteiger partial charge in [0.25, 0.3) is 5.56 Å². The summed E-state index contributed by atoms with van der Waals surface area (Å²) in [5.41, 5.74) is 1.98. The monoisotopic (exact) mass is 472 g/mol. The molecule has 2 amide bonds. The Hall–Kier alpha value is -3.69. The Morgan fingerprint density at radius 3 is 2.50 bits per heavy atom. The smallest absolute Gasteiger partial charge is 0.303 e. The number of anilines is 1. The van der Waals surface area contributed by atoms with Gasteiger partial charge in [0.1, 0.15) is 17.6 Å². The van der Waals surface area contributed by atoms with Crippen LogP contribution in [-0.2, 0) is 27.2 Å². The second-order valence-electron chi connectivity index (χ2n) is 7.78. The van der Waals surface area contributed by atoms with E-state index in [-0.39, 0.29) is 18.4 Å². The largest absolute Gasteiger partial charge is 0.493 e. The van der Waals surface area contributed by atoms with Crippen LogP contribution in [0.5, 0.6) is 5.75 Å². The van der Waals surface area contributed by atoms with E-state index in [4.69, 9.17) is 9.84 Å². The maximum absolute atomic E-state index is 12.8. The Labute approximate surface area is 198 Å². The number of nitrogens with zero attached hydrogens (tertiary/aromatic N) is 1. The van der Waals surface area contributed by atoms with Gasteiger partial charge in [0, 0.05) is 24.6 Å². The van der Waals surface area contributed by atoms with Gasteiger partial charge in [0.05, 0.1) is 17.9 Å². The van der Waals surface area contributed by atoms with Crippen LogP contribution >= 0.6 is 0 Å². The third kappa shape index (κ3) is 7.16. The Kier molecular flexibility index (Phi) is 9.78. The number of carbonyl (C=O) groups is 3. The van der Waals surface area contributed by atoms with Crippen molar-refractivity contribution in [2.45, 2.75) is 65.8 Å². The molecule has 0 aliphatic carbocycles. The number of carboxylic acid groups (broad SMARTS) is 1. The van der Waals surface area contributed by atoms with Gasteiger partial charge in [-0.05, 0) is 43.9 Å². The number of aromatic nitrogens is 2. The first-order valence-corrected chi connectivity index (χ1v) is 11.4. The van der Waals surface area contributed by atoms with Gasteiger partial charge in [-0.2, -0.15) is 0 Å². The number of carboxylic acids is 1. The first-order chi connectivity index (χ1) is 16.2. The van der Waals surface area contributed by atoms with Crippen molar-refractivity contribution in [2.75, 3.05) is 11.9 Å². The van der Waals surface area contributed by atoms with Gasteiger partial charge in [-0.3, -0.25) is 19.2 Å². The summed E-state index contributed by atoms with van der Waals surface area (Å²) in [6.45, 7) is 7.50. The zero-order valence-electron chi connectivity index (χ0n) is 20.0. The van der Waals surface area contributed by atoms with Crippen LogP contribution in [0.3, 0.4) is 0 Å². The minimum absolute atomic E-state index is 0.0570. The number of ether oxygens (including phenoxy) is 1. The van der Waals surface area contributed by atoms with E-state index in [9.17, 15) is 19.2 Å². The molecule has 1 aromatic carbocycles. The quantitative estimate of drug-likeness (QED) is 0.371. The van der Waals surface area contributed by atoms with Crippen LogP contribution in [0, 0.1) is 0 Å². The molecule has 0 saturated carbocycles. The highest BCUT2D eigenvalue weighted by atomic mass is 16.5. The van der Waals surface area contributed by atoms with Crippen LogP contribution in [0.1, 0.15) is 58.2 Å². The van der Waals surface area contributed by atoms with Crippen LogP contribution < -0.4 is 20.9 Å². The fourth-order valence-corrected chi connectivity index (χ4v) is 3.47. The number of aryl methyl sites for hydroxylation is 1. The Balaban J connectivity index is 2.44. The second-order valence-corrected chi connectivity index (χ2v) is 7.78. The summed E-state index contributed by atoms with van der Waals surface area (Å²) in [5.74, 6) is -1.25. The normalized spacial score (nSPS) is 11.5. The Bertz CT molecular complexity index is 1100. The highest BCUT2D eigenvalue weighted by Gasteiger charge is 2.22. The number of hydrogen-bond donors (Lipinski definition) is 4. The second kappa shape index (κ2) is 12.5. The molecule has 0 bridgehead atoms. The van der Waals surface area contributed by atoms with Crippen molar-refractivity contribution in [3.63, 3.8) is 0 Å². The molecule has 1 aromatic heterocycles. The van der Waals surface area contributed by atoms with Crippen molar-refractivity contribution in [1.82, 2.24) is 15.3 Å². The van der Waals surface area contributed by atoms with E-state index in [0.717, 1.165) is 6.42 Å². The zero-order valence-corrected chi connectivity index (χ0v) is 20.0. The molecule has 2 rings (SSSR count). The van der Waals surface area contributed by atoms with Gasteiger partial charge in [-0.25, -0.2) is 4.98 Å². The summed E-state index contributed by atoms with van der Waals surface area (Å²) in [6.07, 6.45) is 1.59. The lowest BCUT2D eigenvalue weighted by atomic mass is 10.1. The maximum Gasteiger partial charge on any atom is 0.303 e. The number of carbonyl (C=O) groups excluding carboxylic acids is 2. The fourth-order valence-electron chi connectivity index (χ4n) is 3.47. The lowest BCUT2D eigenvalue weighted by molar-refractivity contribution is -0.137. The van der Waals surface area contributed by atoms with Crippen LogP contribution in [0.15, 0.2) is 23.0 Å². The van der Waals surface area contributed by atoms with Crippen molar-refractivity contribution in [2.24, 2.45) is 0 Å². The predicted molar refractivity (Wildman–Crippen MR) is 128 cm³/mol. The lowest BCUT2D eigenvalue weighted by Gasteiger charge is -2.18. The van der Waals surface area contributed by atoms with Crippen LogP contribution in [0.25, 0.3) is 11.4 Å². The van der Waals surface area contributed by atoms with Crippen molar-refractivity contribution < 1.29 is 24.2 Å². The first kappa shape index (κ1) is 26.6. The molecular formula is C24H32N4O6. The minimum atomic E-state index is -1.07. The van der Waals surface area contributed by atoms with Crippen LogP contribution in [-0.4, -0.2) is 45.5 Å². The van der Waals surface area contributed by atoms with Crippen molar-refractivity contribution in [3.05, 3.63) is 39.8 Å². The van der Waals surface area contributed by atoms with Gasteiger partial charge in [0.2, 0.25) is 11.8 Å². The van der Waals surface area contributed by atoms with Crippen LogP contribution in [0.2, 0.25) is 0 Å². The molecule has 10 heteroatoms. The molecule has 0 spiro atoms. The average Bonchev–Trinajstić information content (AvgIpc) is 2.79. The summed E-state index contributed by atoms with van der Waals surface area (Å²) in [4.78, 5) is 55.3. The molecule has 0 fully saturated rings. The summed E-state index contributed by atoms with van der Waals surface area (Å²) in [7, 11) is 0. The van der Waals surface area contributed by atoms with Crippen molar-refractivity contribution in [3.8, 4) is 17.1 Å². The molecule has 1 unspecified atom stereocenters. The summed E-state index contributed by atoms with van der Waals surface area (Å²) in [6, 6.07) is 3.92. The van der Waals surface area contributed by atoms with E-state index in [1.165, 1.54) is 6.92 Å². The highest BCUT2D eigenvalue weighted by molar-refractivity contribution is 5.97. The number of aliphatic carboxylic acids is 1. The molecule has 4 N–H and O–H groups in total. The van der Waals surface area contributed by atoms with Crippen LogP contribution in [0.4, 0.5) is 5.69 Å². The predicted octanol–water partition coefficient (Wildman–Crippen LogP) is 2.66. The third-order valence-electron chi connectivity index (χ3n) is 5.09. The molecule has 34 heavy (non-hydrogen) atoms. The number of H-pyrrole nitrogens is 1. The standard InChI is InChI=1S/C24H32N4O6/c1-5-12-34-20-10-8-15(26-24(33)19(25-14(4)29)9-11-21(30)31)13-17(20)22-27-18(7-3)16(6-2)23(32)28-22/h8,10,13,19H,5-7,9,11-12H2,1-4H3,(H,25,29)(H,26,33)(H,30,31)(H,27,28,32). The number of hydrogen-bond acceptors (Lipinski definition) is 6. The lowest BCUT2D eigenvalue weighted by Crippen LogP contribution is -2.43. The van der Waals surface area contributed by atoms with Crippen molar-refractivity contribution in [1.29, 1.82) is 0 Å². The number of benzene rings is 1. The minimum Gasteiger partial charge on any atom is -0.493 e. The fraction of sp³-hybridized carbons (Fsp3) is 0.458. The molecule has 2 aromatic rings. The van der Waals surface area contributed by atoms with E-state index in [0.29, 0.717) is 53.5 Å². The molecule has 1 heterocycles. The Morgan fingerprint density at radius 1 is 1.18 bits per heavy atom. The molecule has 1 atom stereocenters. The van der Waals surface area contributed by atoms with Gasteiger partial charge in [-0.1, -0.05) is 20.8 Å². The SMILES string of the molecule is CCCOc1ccc(NC(=O)C(CCC(=O)O)NC(C)=O)cc1-c1nc(CC)c(CC)c(=O)[nH]1. The number of nitrogens with one attached hydrogen (secondary N) is 3. The maximum atomic E-state index is 12.8. The van der Waals surface area contributed by atoms with E-state index in [1.807, 2.05) is 20.8 Å². The van der Waals surface area contributed by atoms with E-state index in [2.05, 4.69) is 20.6 Å². The number of rotatable bonds is 12. The van der Waals surface area contributed by atoms with Gasteiger partial charge < -0.3 is 25.5 Å². The van der Waals surface area contributed by atoms with Gasteiger partial charge in [-0.15, -0.1) is 0 Å². The third-order valence-corrected chi connectivity index (χ3v) is 5.09. The molecule has 184 valence electrons. The molecule has 0 aliphatic rings. The number of aromatic amines is 1. The van der Waals surface area contributed by atoms with Gasteiger partial charge >= 0.3 is 5.97 Å². The summed E-state index contributed by atoms with van der Waals surface area (Å²) >= 11 is 0. The molecule has 0 radical (unpaired) electrons. The molecular weight excluding hydrogens is 440 g/mol. The van der Waals surface area contributed by atoms with E-state index >= 15 is 0 Å². The zero-order chi connectivity index (χ0) is 25.3. The van der Waals surface area contributed by atoms with Gasteiger partial charge in [0.15, 0.2) is 0 Å². The molecule has 10 nitrogen and oxygen atoms in total. The van der Waals surface area contributed by atoms with E-state index < -0.39 is 23.8 Å². The molecule has 0 aliphatic heterocycles. The average molecular weight is 473 g/mol. The topological polar surface area (TPSA) is 150 Å². The Morgan fingerprint density at radius 2 is 1.91 bits per heavy atom.